The van der Waals surface area contributed by atoms with Crippen molar-refractivity contribution in [1.29, 1.82) is 0 Å². The Morgan fingerprint density at radius 1 is 0.833 bits per heavy atom. The van der Waals surface area contributed by atoms with Gasteiger partial charge in [0.1, 0.15) is 5.92 Å². The van der Waals surface area contributed by atoms with Gasteiger partial charge in [-0.2, -0.15) is 26.3 Å². The molecule has 0 aromatic carbocycles. The Bertz CT molecular complexity index is 292. The Hall–Kier alpha value is -0.740. The number of aliphatic hydroxyl groups is 1. The van der Waals surface area contributed by atoms with E-state index in [1.54, 1.807) is 0 Å². The molecule has 0 aromatic rings. The third-order valence-corrected chi connectivity index (χ3v) is 2.29. The molecule has 0 fully saturated rings. The van der Waals surface area contributed by atoms with Crippen molar-refractivity contribution in [1.82, 2.24) is 0 Å². The van der Waals surface area contributed by atoms with Crippen LogP contribution in [-0.4, -0.2) is 35.4 Å². The van der Waals surface area contributed by atoms with E-state index in [1.165, 1.54) is 0 Å². The molecule has 0 aromatic heterocycles. The number of halogens is 10. The zero-order valence-electron chi connectivity index (χ0n) is 8.38. The maximum absolute atomic E-state index is 12.9. The van der Waals surface area contributed by atoms with Gasteiger partial charge in [0, 0.05) is 0 Å². The van der Waals surface area contributed by atoms with E-state index in [9.17, 15) is 43.9 Å². The second-order valence-electron chi connectivity index (χ2n) is 3.45. The van der Waals surface area contributed by atoms with Gasteiger partial charge in [-0.15, -0.1) is 0 Å². The monoisotopic (exact) mass is 296 g/mol. The van der Waals surface area contributed by atoms with Crippen molar-refractivity contribution in [2.75, 3.05) is 0 Å². The molecule has 0 heterocycles. The van der Waals surface area contributed by atoms with Gasteiger partial charge in [0.15, 0.2) is 0 Å². The van der Waals surface area contributed by atoms with Gasteiger partial charge in [-0.25, -0.2) is 17.6 Å². The summed E-state index contributed by atoms with van der Waals surface area (Å²) >= 11 is 0. The first-order valence-corrected chi connectivity index (χ1v) is 4.12. The molecule has 0 aliphatic carbocycles. The minimum absolute atomic E-state index is 0.431. The third-order valence-electron chi connectivity index (χ3n) is 2.29. The lowest BCUT2D eigenvalue weighted by Crippen LogP contribution is -2.67. The lowest BCUT2D eigenvalue weighted by molar-refractivity contribution is -0.391. The fourth-order valence-electron chi connectivity index (χ4n) is 0.994. The second-order valence-corrected chi connectivity index (χ2v) is 3.45. The van der Waals surface area contributed by atoms with Gasteiger partial charge < -0.3 is 5.11 Å². The van der Waals surface area contributed by atoms with Crippen LogP contribution in [0.3, 0.4) is 0 Å². The summed E-state index contributed by atoms with van der Waals surface area (Å²) in [4.78, 5) is 0. The standard InChI is InChI=1S/C7H6F10O/c1-2(6(12,13)14)5(10,11)4(18,3(8)9)7(15,16)17/h2-3,18H,1H3/t2-,4?/m1/s1. The van der Waals surface area contributed by atoms with Gasteiger partial charge >= 0.3 is 18.3 Å². The van der Waals surface area contributed by atoms with E-state index >= 15 is 0 Å². The highest BCUT2D eigenvalue weighted by Gasteiger charge is 2.78. The van der Waals surface area contributed by atoms with Crippen LogP contribution in [0.15, 0.2) is 0 Å². The molecule has 1 nitrogen and oxygen atoms in total. The number of hydrogen-bond acceptors (Lipinski definition) is 1. The van der Waals surface area contributed by atoms with E-state index in [1.807, 2.05) is 0 Å². The highest BCUT2D eigenvalue weighted by atomic mass is 19.4. The Morgan fingerprint density at radius 3 is 1.33 bits per heavy atom. The van der Waals surface area contributed by atoms with Crippen LogP contribution in [0.1, 0.15) is 6.92 Å². The van der Waals surface area contributed by atoms with Gasteiger partial charge in [-0.3, -0.25) is 0 Å². The Labute approximate surface area is 93.4 Å². The highest BCUT2D eigenvalue weighted by molar-refractivity contribution is 5.04. The van der Waals surface area contributed by atoms with Gasteiger partial charge in [-0.1, -0.05) is 0 Å². The first-order valence-electron chi connectivity index (χ1n) is 4.12. The van der Waals surface area contributed by atoms with Crippen LogP contribution < -0.4 is 0 Å². The van der Waals surface area contributed by atoms with Crippen LogP contribution >= 0.6 is 0 Å². The lowest BCUT2D eigenvalue weighted by atomic mass is 9.85. The molecule has 0 bridgehead atoms. The first-order chi connectivity index (χ1) is 7.60. The molecule has 0 spiro atoms. The zero-order chi connectivity index (χ0) is 15.2. The molecule has 0 amide bonds. The summed E-state index contributed by atoms with van der Waals surface area (Å²) in [5.41, 5.74) is -6.07. The summed E-state index contributed by atoms with van der Waals surface area (Å²) in [7, 11) is 0. The van der Waals surface area contributed by atoms with Crippen molar-refractivity contribution in [3.63, 3.8) is 0 Å². The zero-order valence-corrected chi connectivity index (χ0v) is 8.38. The summed E-state index contributed by atoms with van der Waals surface area (Å²) in [6.45, 7) is -0.431. The molecule has 0 rings (SSSR count). The first kappa shape index (κ1) is 17.3. The maximum atomic E-state index is 12.9. The van der Waals surface area contributed by atoms with Crippen molar-refractivity contribution >= 4 is 0 Å². The summed E-state index contributed by atoms with van der Waals surface area (Å²) in [5.74, 6) is -10.2. The maximum Gasteiger partial charge on any atom is 0.429 e. The van der Waals surface area contributed by atoms with Crippen LogP contribution in [-0.2, 0) is 0 Å². The minimum Gasteiger partial charge on any atom is -0.372 e. The molecular formula is C7H6F10O. The SMILES string of the molecule is C[C@@H](C(F)(F)F)C(F)(F)C(O)(C(F)F)C(F)(F)F. The Balaban J connectivity index is 5.80. The quantitative estimate of drug-likeness (QED) is 0.792. The van der Waals surface area contributed by atoms with E-state index in [0.717, 1.165) is 0 Å². The molecule has 11 heteroatoms. The average molecular weight is 296 g/mol. The predicted molar refractivity (Wildman–Crippen MR) is 37.2 cm³/mol. The van der Waals surface area contributed by atoms with E-state index in [4.69, 9.17) is 5.11 Å². The number of rotatable bonds is 3. The molecule has 0 saturated heterocycles. The summed E-state index contributed by atoms with van der Waals surface area (Å²) in [5, 5.41) is 8.36. The molecule has 1 N–H and O–H groups in total. The summed E-state index contributed by atoms with van der Waals surface area (Å²) in [6, 6.07) is 0. The van der Waals surface area contributed by atoms with Crippen LogP contribution in [0.4, 0.5) is 43.9 Å². The van der Waals surface area contributed by atoms with E-state index in [0.29, 0.717) is 0 Å². The lowest BCUT2D eigenvalue weighted by Gasteiger charge is -2.39. The predicted octanol–water partition coefficient (Wildman–Crippen LogP) is 3.38. The van der Waals surface area contributed by atoms with E-state index in [2.05, 4.69) is 0 Å². The highest BCUT2D eigenvalue weighted by Crippen LogP contribution is 2.52. The fourth-order valence-corrected chi connectivity index (χ4v) is 0.994. The molecular weight excluding hydrogens is 290 g/mol. The fraction of sp³-hybridized carbons (Fsp3) is 1.00. The van der Waals surface area contributed by atoms with Crippen LogP contribution in [0, 0.1) is 5.92 Å². The van der Waals surface area contributed by atoms with Gasteiger partial charge in [0.25, 0.3) is 12.0 Å². The molecule has 0 radical (unpaired) electrons. The Kier molecular flexibility index (Phi) is 4.24. The van der Waals surface area contributed by atoms with Gasteiger partial charge in [0.2, 0.25) is 0 Å². The molecule has 1 unspecified atom stereocenters. The number of alkyl halides is 10. The van der Waals surface area contributed by atoms with Crippen LogP contribution in [0.2, 0.25) is 0 Å². The van der Waals surface area contributed by atoms with E-state index < -0.39 is 43.1 Å². The van der Waals surface area contributed by atoms with Crippen molar-refractivity contribution in [3.05, 3.63) is 0 Å². The van der Waals surface area contributed by atoms with Crippen molar-refractivity contribution < 1.29 is 49.0 Å². The third kappa shape index (κ3) is 2.50. The topological polar surface area (TPSA) is 20.2 Å². The van der Waals surface area contributed by atoms with Crippen molar-refractivity contribution in [2.24, 2.45) is 5.92 Å². The number of hydrogen-bond donors (Lipinski definition) is 1. The van der Waals surface area contributed by atoms with Crippen LogP contribution in [0.25, 0.3) is 0 Å². The molecule has 2 atom stereocenters. The normalized spacial score (nSPS) is 19.8. The molecule has 0 aliphatic heterocycles. The van der Waals surface area contributed by atoms with Crippen molar-refractivity contribution in [2.45, 2.75) is 37.2 Å². The van der Waals surface area contributed by atoms with Gasteiger partial charge in [0.05, 0.1) is 0 Å². The van der Waals surface area contributed by atoms with Crippen molar-refractivity contribution in [3.8, 4) is 0 Å². The smallest absolute Gasteiger partial charge is 0.372 e. The minimum atomic E-state index is -6.63. The largest absolute Gasteiger partial charge is 0.429 e. The second kappa shape index (κ2) is 4.42. The molecule has 0 saturated carbocycles. The Morgan fingerprint density at radius 2 is 1.17 bits per heavy atom. The molecule has 18 heavy (non-hydrogen) atoms. The van der Waals surface area contributed by atoms with E-state index in [-0.39, 0.29) is 0 Å². The molecule has 110 valence electrons. The summed E-state index contributed by atoms with van der Waals surface area (Å²) in [6.07, 6.45) is -17.7. The van der Waals surface area contributed by atoms with Crippen LogP contribution in [0.5, 0.6) is 0 Å². The summed E-state index contributed by atoms with van der Waals surface area (Å²) < 4.78 is 122. The average Bonchev–Trinajstić information content (AvgIpc) is 2.11. The van der Waals surface area contributed by atoms with Gasteiger partial charge in [-0.05, 0) is 6.92 Å². The molecule has 0 aliphatic rings.